The maximum atomic E-state index is 10.6. The Morgan fingerprint density at radius 2 is 2.06 bits per heavy atom. The molecule has 1 heterocycles. The molecule has 5 heteroatoms. The largest absolute Gasteiger partial charge is 0.465 e. The molecule has 82 valence electrons. The number of rotatable bonds is 3. The summed E-state index contributed by atoms with van der Waals surface area (Å²) in [6, 6.07) is 4.63. The molecule has 2 rings (SSSR count). The second kappa shape index (κ2) is 4.86. The predicted molar refractivity (Wildman–Crippen MR) is 60.2 cm³/mol. The Balaban J connectivity index is 2.34. The summed E-state index contributed by atoms with van der Waals surface area (Å²) < 4.78 is 5.45. The molecule has 0 spiro atoms. The molecule has 17 heavy (non-hydrogen) atoms. The van der Waals surface area contributed by atoms with E-state index in [0.29, 0.717) is 23.3 Å². The summed E-state index contributed by atoms with van der Waals surface area (Å²) in [5.41, 5.74) is 0.714. The van der Waals surface area contributed by atoms with Crippen molar-refractivity contribution in [2.45, 2.75) is 0 Å². The highest BCUT2D eigenvalue weighted by molar-refractivity contribution is 5.79. The number of hydrogen-bond acceptors (Lipinski definition) is 4. The second-order valence-electron chi connectivity index (χ2n) is 3.13. The molecule has 0 bridgehead atoms. The van der Waals surface area contributed by atoms with Gasteiger partial charge in [-0.2, -0.15) is 0 Å². The number of carbonyl (C=O) groups is 1. The molecule has 2 aromatic rings. The molecule has 0 saturated carbocycles. The molecule has 0 N–H and O–H groups in total. The first-order chi connectivity index (χ1) is 8.33. The van der Waals surface area contributed by atoms with Gasteiger partial charge >= 0.3 is 0 Å². The van der Waals surface area contributed by atoms with Crippen molar-refractivity contribution in [2.75, 3.05) is 0 Å². The SMILES string of the molecule is [C-]#[N+]c1cc(C=O)ccc1Oc1cncnc1. The van der Waals surface area contributed by atoms with Crippen molar-refractivity contribution in [2.24, 2.45) is 0 Å². The van der Waals surface area contributed by atoms with Gasteiger partial charge in [-0.3, -0.25) is 4.79 Å². The van der Waals surface area contributed by atoms with E-state index in [4.69, 9.17) is 11.3 Å². The number of hydrogen-bond donors (Lipinski definition) is 0. The molecule has 0 saturated heterocycles. The van der Waals surface area contributed by atoms with Gasteiger partial charge in [-0.05, 0) is 12.1 Å². The van der Waals surface area contributed by atoms with Crippen LogP contribution in [0.2, 0.25) is 0 Å². The smallest absolute Gasteiger partial charge is 0.229 e. The highest BCUT2D eigenvalue weighted by Crippen LogP contribution is 2.31. The summed E-state index contributed by atoms with van der Waals surface area (Å²) in [6.45, 7) is 7.02. The van der Waals surface area contributed by atoms with E-state index in [-0.39, 0.29) is 5.69 Å². The lowest BCUT2D eigenvalue weighted by Crippen LogP contribution is -1.88. The Kier molecular flexibility index (Phi) is 3.08. The molecule has 5 nitrogen and oxygen atoms in total. The Morgan fingerprint density at radius 1 is 1.29 bits per heavy atom. The van der Waals surface area contributed by atoms with Gasteiger partial charge in [0.2, 0.25) is 5.69 Å². The quantitative estimate of drug-likeness (QED) is 0.595. The number of aromatic nitrogens is 2. The summed E-state index contributed by atoms with van der Waals surface area (Å²) in [7, 11) is 0. The molecular weight excluding hydrogens is 218 g/mol. The maximum absolute atomic E-state index is 10.6. The van der Waals surface area contributed by atoms with Crippen LogP contribution in [0.1, 0.15) is 10.4 Å². The number of nitrogens with zero attached hydrogens (tertiary/aromatic N) is 3. The fraction of sp³-hybridized carbons (Fsp3) is 0. The first kappa shape index (κ1) is 10.8. The van der Waals surface area contributed by atoms with Crippen LogP contribution < -0.4 is 4.74 Å². The van der Waals surface area contributed by atoms with E-state index >= 15 is 0 Å². The Morgan fingerprint density at radius 3 is 2.71 bits per heavy atom. The Hall–Kier alpha value is -2.74. The average Bonchev–Trinajstić information content (AvgIpc) is 2.40. The van der Waals surface area contributed by atoms with Gasteiger partial charge in [0, 0.05) is 5.56 Å². The number of benzene rings is 1. The van der Waals surface area contributed by atoms with Crippen molar-refractivity contribution in [1.29, 1.82) is 0 Å². The van der Waals surface area contributed by atoms with Gasteiger partial charge in [-0.15, -0.1) is 0 Å². The summed E-state index contributed by atoms with van der Waals surface area (Å²) in [5.74, 6) is 0.816. The molecule has 0 unspecified atom stereocenters. The molecular formula is C12H7N3O2. The van der Waals surface area contributed by atoms with Crippen LogP contribution in [0, 0.1) is 6.57 Å². The van der Waals surface area contributed by atoms with Crippen LogP contribution in [0.5, 0.6) is 11.5 Å². The zero-order valence-corrected chi connectivity index (χ0v) is 8.70. The molecule has 0 amide bonds. The highest BCUT2D eigenvalue weighted by atomic mass is 16.5. The molecule has 1 aromatic heterocycles. The zero-order valence-electron chi connectivity index (χ0n) is 8.70. The van der Waals surface area contributed by atoms with Crippen LogP contribution >= 0.6 is 0 Å². The Labute approximate surface area is 97.5 Å². The van der Waals surface area contributed by atoms with Crippen molar-refractivity contribution >= 4 is 12.0 Å². The molecule has 0 fully saturated rings. The minimum Gasteiger partial charge on any atom is -0.465 e. The van der Waals surface area contributed by atoms with Crippen molar-refractivity contribution in [3.05, 3.63) is 53.9 Å². The fourth-order valence-electron chi connectivity index (χ4n) is 1.25. The van der Waals surface area contributed by atoms with E-state index in [1.54, 1.807) is 12.1 Å². The van der Waals surface area contributed by atoms with E-state index in [0.717, 1.165) is 0 Å². The van der Waals surface area contributed by atoms with Crippen LogP contribution in [0.4, 0.5) is 5.69 Å². The first-order valence-corrected chi connectivity index (χ1v) is 4.73. The minimum absolute atomic E-state index is 0.276. The molecule has 0 atom stereocenters. The highest BCUT2D eigenvalue weighted by Gasteiger charge is 2.06. The van der Waals surface area contributed by atoms with Gasteiger partial charge < -0.3 is 4.74 Å². The van der Waals surface area contributed by atoms with E-state index in [1.165, 1.54) is 24.8 Å². The van der Waals surface area contributed by atoms with Gasteiger partial charge in [-0.25, -0.2) is 14.8 Å². The first-order valence-electron chi connectivity index (χ1n) is 4.73. The molecule has 0 radical (unpaired) electrons. The van der Waals surface area contributed by atoms with Crippen LogP contribution in [0.3, 0.4) is 0 Å². The normalized spacial score (nSPS) is 9.35. The van der Waals surface area contributed by atoms with Crippen molar-refractivity contribution in [3.8, 4) is 11.5 Å². The van der Waals surface area contributed by atoms with Crippen LogP contribution in [0.15, 0.2) is 36.9 Å². The molecule has 0 aliphatic carbocycles. The lowest BCUT2D eigenvalue weighted by Gasteiger charge is -2.06. The molecule has 1 aromatic carbocycles. The van der Waals surface area contributed by atoms with Gasteiger partial charge in [0.05, 0.1) is 19.0 Å². The van der Waals surface area contributed by atoms with Gasteiger partial charge in [-0.1, -0.05) is 6.07 Å². The van der Waals surface area contributed by atoms with E-state index in [2.05, 4.69) is 14.8 Å². The summed E-state index contributed by atoms with van der Waals surface area (Å²) in [5, 5.41) is 0. The van der Waals surface area contributed by atoms with E-state index in [1.807, 2.05) is 0 Å². The molecule has 0 aliphatic rings. The zero-order chi connectivity index (χ0) is 12.1. The van der Waals surface area contributed by atoms with E-state index in [9.17, 15) is 4.79 Å². The van der Waals surface area contributed by atoms with Gasteiger partial charge in [0.15, 0.2) is 5.75 Å². The molecule has 0 aliphatic heterocycles. The average molecular weight is 225 g/mol. The Bertz CT molecular complexity index is 576. The second-order valence-corrected chi connectivity index (χ2v) is 3.13. The fourth-order valence-corrected chi connectivity index (χ4v) is 1.25. The number of ether oxygens (including phenoxy) is 1. The van der Waals surface area contributed by atoms with Gasteiger partial charge in [0.1, 0.15) is 18.4 Å². The maximum Gasteiger partial charge on any atom is 0.229 e. The number of carbonyl (C=O) groups excluding carboxylic acids is 1. The van der Waals surface area contributed by atoms with E-state index < -0.39 is 0 Å². The predicted octanol–water partition coefficient (Wildman–Crippen LogP) is 2.63. The van der Waals surface area contributed by atoms with Crippen LogP contribution in [-0.2, 0) is 0 Å². The third kappa shape index (κ3) is 2.44. The van der Waals surface area contributed by atoms with Crippen molar-refractivity contribution in [3.63, 3.8) is 0 Å². The standard InChI is InChI=1S/C12H7N3O2/c1-13-11-4-9(7-16)2-3-12(11)17-10-5-14-8-15-6-10/h2-8H. The number of aldehydes is 1. The van der Waals surface area contributed by atoms with Crippen LogP contribution in [-0.4, -0.2) is 16.3 Å². The van der Waals surface area contributed by atoms with Crippen molar-refractivity contribution in [1.82, 2.24) is 9.97 Å². The summed E-state index contributed by atoms with van der Waals surface area (Å²) in [4.78, 5) is 21.5. The lowest BCUT2D eigenvalue weighted by atomic mass is 10.2. The third-order valence-electron chi connectivity index (χ3n) is 2.00. The summed E-state index contributed by atoms with van der Waals surface area (Å²) in [6.07, 6.45) is 5.06. The monoisotopic (exact) mass is 225 g/mol. The minimum atomic E-state index is 0.276. The van der Waals surface area contributed by atoms with Crippen molar-refractivity contribution < 1.29 is 9.53 Å². The third-order valence-corrected chi connectivity index (χ3v) is 2.00. The lowest BCUT2D eigenvalue weighted by molar-refractivity contribution is 0.112. The summed E-state index contributed by atoms with van der Waals surface area (Å²) >= 11 is 0. The van der Waals surface area contributed by atoms with Crippen LogP contribution in [0.25, 0.3) is 4.85 Å². The van der Waals surface area contributed by atoms with Gasteiger partial charge in [0.25, 0.3) is 0 Å². The topological polar surface area (TPSA) is 56.4 Å².